The number of rotatable bonds is 1. The van der Waals surface area contributed by atoms with E-state index in [-0.39, 0.29) is 0 Å². The number of halogens is 1. The molecule has 0 spiro atoms. The van der Waals surface area contributed by atoms with Gasteiger partial charge in [-0.25, -0.2) is 4.98 Å². The molecule has 0 aliphatic rings. The molecule has 0 aliphatic carbocycles. The van der Waals surface area contributed by atoms with Crippen molar-refractivity contribution in [2.75, 3.05) is 0 Å². The van der Waals surface area contributed by atoms with Crippen molar-refractivity contribution in [3.63, 3.8) is 0 Å². The molecule has 0 unspecified atom stereocenters. The predicted molar refractivity (Wildman–Crippen MR) is 73.1 cm³/mol. The van der Waals surface area contributed by atoms with Gasteiger partial charge in [0.2, 0.25) is 0 Å². The lowest BCUT2D eigenvalue weighted by atomic mass is 10.2. The van der Waals surface area contributed by atoms with E-state index in [4.69, 9.17) is 0 Å². The van der Waals surface area contributed by atoms with Crippen LogP contribution in [-0.2, 0) is 0 Å². The molecular formula is C14H11BrN2. The van der Waals surface area contributed by atoms with Gasteiger partial charge < -0.3 is 0 Å². The molecule has 2 aromatic heterocycles. The summed E-state index contributed by atoms with van der Waals surface area (Å²) in [7, 11) is 0. The molecule has 0 fully saturated rings. The second-order valence-corrected chi connectivity index (χ2v) is 5.01. The maximum absolute atomic E-state index is 4.48. The Kier molecular flexibility index (Phi) is 2.48. The van der Waals surface area contributed by atoms with E-state index in [1.165, 1.54) is 5.56 Å². The highest BCUT2D eigenvalue weighted by Gasteiger charge is 2.05. The van der Waals surface area contributed by atoms with Crippen molar-refractivity contribution in [3.05, 3.63) is 58.8 Å². The third-order valence-corrected chi connectivity index (χ3v) is 3.31. The Labute approximate surface area is 108 Å². The number of imidazole rings is 1. The van der Waals surface area contributed by atoms with Crippen LogP contribution in [0.15, 0.2) is 53.3 Å². The van der Waals surface area contributed by atoms with Crippen molar-refractivity contribution in [3.8, 4) is 11.4 Å². The first-order valence-corrected chi connectivity index (χ1v) is 6.23. The fraction of sp³-hybridized carbons (Fsp3) is 0.0714. The number of aromatic nitrogens is 2. The zero-order chi connectivity index (χ0) is 11.8. The van der Waals surface area contributed by atoms with Gasteiger partial charge in [0.25, 0.3) is 0 Å². The van der Waals surface area contributed by atoms with Gasteiger partial charge in [-0.1, -0.05) is 34.1 Å². The van der Waals surface area contributed by atoms with Crippen LogP contribution in [0.5, 0.6) is 0 Å². The number of hydrogen-bond acceptors (Lipinski definition) is 1. The lowest BCUT2D eigenvalue weighted by molar-refractivity contribution is 1.14. The van der Waals surface area contributed by atoms with Crippen LogP contribution in [0.1, 0.15) is 5.56 Å². The third-order valence-electron chi connectivity index (χ3n) is 2.78. The van der Waals surface area contributed by atoms with E-state index in [2.05, 4.69) is 62.7 Å². The summed E-state index contributed by atoms with van der Waals surface area (Å²) in [6.45, 7) is 2.09. The highest BCUT2D eigenvalue weighted by atomic mass is 79.9. The average Bonchev–Trinajstić information content (AvgIpc) is 2.73. The highest BCUT2D eigenvalue weighted by molar-refractivity contribution is 9.10. The van der Waals surface area contributed by atoms with Crippen molar-refractivity contribution < 1.29 is 0 Å². The van der Waals surface area contributed by atoms with Gasteiger partial charge in [-0.15, -0.1) is 0 Å². The lowest BCUT2D eigenvalue weighted by Crippen LogP contribution is -1.90. The summed E-state index contributed by atoms with van der Waals surface area (Å²) in [6, 6.07) is 12.4. The molecule has 3 heteroatoms. The van der Waals surface area contributed by atoms with E-state index in [1.807, 2.05) is 18.3 Å². The summed E-state index contributed by atoms with van der Waals surface area (Å²) in [4.78, 5) is 4.48. The van der Waals surface area contributed by atoms with Crippen molar-refractivity contribution >= 4 is 21.4 Å². The molecule has 0 amide bonds. The number of hydrogen-bond donors (Lipinski definition) is 0. The maximum atomic E-state index is 4.48. The molecule has 0 N–H and O–H groups in total. The molecule has 0 saturated carbocycles. The molecule has 1 aromatic carbocycles. The van der Waals surface area contributed by atoms with Crippen LogP contribution in [0.4, 0.5) is 0 Å². The van der Waals surface area contributed by atoms with E-state index in [9.17, 15) is 0 Å². The molecule has 0 radical (unpaired) electrons. The minimum absolute atomic E-state index is 0.983. The Morgan fingerprint density at radius 3 is 2.59 bits per heavy atom. The fourth-order valence-corrected chi connectivity index (χ4v) is 2.17. The van der Waals surface area contributed by atoms with E-state index in [0.29, 0.717) is 0 Å². The number of nitrogens with zero attached hydrogens (tertiary/aromatic N) is 2. The normalized spacial score (nSPS) is 10.9. The first kappa shape index (κ1) is 10.5. The molecule has 0 bridgehead atoms. The molecule has 2 heterocycles. The topological polar surface area (TPSA) is 17.3 Å². The smallest absolute Gasteiger partial charge is 0.144 e. The Balaban J connectivity index is 2.23. The van der Waals surface area contributed by atoms with Crippen LogP contribution in [0.3, 0.4) is 0 Å². The minimum Gasteiger partial charge on any atom is -0.300 e. The summed E-state index contributed by atoms with van der Waals surface area (Å²) in [6.07, 6.45) is 4.01. The zero-order valence-electron chi connectivity index (χ0n) is 9.39. The van der Waals surface area contributed by atoms with E-state index in [0.717, 1.165) is 21.4 Å². The van der Waals surface area contributed by atoms with Crippen LogP contribution in [0.2, 0.25) is 0 Å². The summed E-state index contributed by atoms with van der Waals surface area (Å²) in [5.41, 5.74) is 3.47. The van der Waals surface area contributed by atoms with Crippen molar-refractivity contribution in [2.45, 2.75) is 6.92 Å². The van der Waals surface area contributed by atoms with Crippen LogP contribution in [0.25, 0.3) is 16.9 Å². The van der Waals surface area contributed by atoms with Gasteiger partial charge in [0, 0.05) is 16.2 Å². The number of benzene rings is 1. The SMILES string of the molecule is Cc1ccc2cnc(-c3ccc(Br)cc3)n2c1. The molecular weight excluding hydrogens is 276 g/mol. The standard InChI is InChI=1S/C14H11BrN2/c1-10-2-7-13-8-16-14(17(13)9-10)11-3-5-12(15)6-4-11/h2-9H,1H3. The molecule has 17 heavy (non-hydrogen) atoms. The molecule has 0 atom stereocenters. The van der Waals surface area contributed by atoms with Crippen molar-refractivity contribution in [1.29, 1.82) is 0 Å². The summed E-state index contributed by atoms with van der Waals surface area (Å²) < 4.78 is 3.21. The molecule has 3 aromatic rings. The highest BCUT2D eigenvalue weighted by Crippen LogP contribution is 2.22. The Bertz CT molecular complexity index is 668. The first-order chi connectivity index (χ1) is 8.24. The minimum atomic E-state index is 0.983. The second kappa shape index (κ2) is 4.00. The van der Waals surface area contributed by atoms with Gasteiger partial charge in [-0.05, 0) is 30.7 Å². The molecule has 0 aliphatic heterocycles. The van der Waals surface area contributed by atoms with Crippen LogP contribution in [0, 0.1) is 6.92 Å². The van der Waals surface area contributed by atoms with Crippen LogP contribution >= 0.6 is 15.9 Å². The van der Waals surface area contributed by atoms with Crippen LogP contribution < -0.4 is 0 Å². The monoisotopic (exact) mass is 286 g/mol. The zero-order valence-corrected chi connectivity index (χ0v) is 11.0. The molecule has 2 nitrogen and oxygen atoms in total. The second-order valence-electron chi connectivity index (χ2n) is 4.09. The molecule has 0 saturated heterocycles. The number of aryl methyl sites for hydroxylation is 1. The molecule has 3 rings (SSSR count). The molecule has 84 valence electrons. The summed E-state index contributed by atoms with van der Waals surface area (Å²) >= 11 is 3.44. The average molecular weight is 287 g/mol. The van der Waals surface area contributed by atoms with Gasteiger partial charge in [0.1, 0.15) is 5.82 Å². The summed E-state index contributed by atoms with van der Waals surface area (Å²) in [5.74, 6) is 0.983. The predicted octanol–water partition coefficient (Wildman–Crippen LogP) is 4.07. The van der Waals surface area contributed by atoms with Gasteiger partial charge in [-0.2, -0.15) is 0 Å². The van der Waals surface area contributed by atoms with Gasteiger partial charge >= 0.3 is 0 Å². The van der Waals surface area contributed by atoms with Gasteiger partial charge in [0.15, 0.2) is 0 Å². The van der Waals surface area contributed by atoms with E-state index >= 15 is 0 Å². The van der Waals surface area contributed by atoms with Crippen LogP contribution in [-0.4, -0.2) is 9.38 Å². The van der Waals surface area contributed by atoms with E-state index < -0.39 is 0 Å². The quantitative estimate of drug-likeness (QED) is 0.659. The largest absolute Gasteiger partial charge is 0.300 e. The summed E-state index contributed by atoms with van der Waals surface area (Å²) in [5, 5.41) is 0. The third kappa shape index (κ3) is 1.87. The van der Waals surface area contributed by atoms with Crippen molar-refractivity contribution in [1.82, 2.24) is 9.38 Å². The van der Waals surface area contributed by atoms with Gasteiger partial charge in [0.05, 0.1) is 11.7 Å². The van der Waals surface area contributed by atoms with Gasteiger partial charge in [-0.3, -0.25) is 4.40 Å². The number of pyridine rings is 1. The Morgan fingerprint density at radius 2 is 1.82 bits per heavy atom. The Hall–Kier alpha value is -1.61. The Morgan fingerprint density at radius 1 is 1.06 bits per heavy atom. The van der Waals surface area contributed by atoms with E-state index in [1.54, 1.807) is 0 Å². The van der Waals surface area contributed by atoms with Crippen molar-refractivity contribution in [2.24, 2.45) is 0 Å². The number of fused-ring (bicyclic) bond motifs is 1. The maximum Gasteiger partial charge on any atom is 0.144 e. The lowest BCUT2D eigenvalue weighted by Gasteiger charge is -2.02. The fourth-order valence-electron chi connectivity index (χ4n) is 1.91. The first-order valence-electron chi connectivity index (χ1n) is 5.44.